The first-order valence-electron chi connectivity index (χ1n) is 29.8. The SMILES string of the molecule is CC/C=C\C/C=C\C/C=C\C/C=C\CCCCCCCCC(=O)OC(COC(=O)CCCCCCC/C=C\CCCCCCCC)COP(=O)(O)OCC(CO)OC(=O)CCCC/C=C\C/C=C\C/C=C\C/C=C\CC. The maximum absolute atomic E-state index is 12.9. The largest absolute Gasteiger partial charge is 0.472 e. The fourth-order valence-corrected chi connectivity index (χ4v) is 8.47. The highest BCUT2D eigenvalue weighted by Gasteiger charge is 2.28. The van der Waals surface area contributed by atoms with Crippen LogP contribution in [0.2, 0.25) is 0 Å². The molecular formula is C64H107O11P. The Balaban J connectivity index is 4.81. The van der Waals surface area contributed by atoms with Crippen LogP contribution in [-0.4, -0.2) is 66.5 Å². The highest BCUT2D eigenvalue weighted by Crippen LogP contribution is 2.43. The zero-order chi connectivity index (χ0) is 55.5. The Bertz CT molecular complexity index is 1690. The number of unbranched alkanes of at least 4 members (excludes halogenated alkanes) is 19. The van der Waals surface area contributed by atoms with Crippen LogP contribution >= 0.6 is 7.82 Å². The Morgan fingerprint density at radius 2 is 0.684 bits per heavy atom. The first kappa shape index (κ1) is 72.1. The van der Waals surface area contributed by atoms with Crippen molar-refractivity contribution in [2.24, 2.45) is 0 Å². The molecule has 0 spiro atoms. The predicted molar refractivity (Wildman–Crippen MR) is 316 cm³/mol. The van der Waals surface area contributed by atoms with Gasteiger partial charge in [-0.3, -0.25) is 23.4 Å². The lowest BCUT2D eigenvalue weighted by Crippen LogP contribution is -2.30. The lowest BCUT2D eigenvalue weighted by atomic mass is 10.1. The van der Waals surface area contributed by atoms with Crippen LogP contribution in [0.3, 0.4) is 0 Å². The quantitative estimate of drug-likeness (QED) is 0.0197. The van der Waals surface area contributed by atoms with Gasteiger partial charge in [-0.25, -0.2) is 4.57 Å². The van der Waals surface area contributed by atoms with E-state index in [0.717, 1.165) is 141 Å². The predicted octanol–water partition coefficient (Wildman–Crippen LogP) is 17.8. The van der Waals surface area contributed by atoms with Gasteiger partial charge in [0.2, 0.25) is 0 Å². The molecule has 0 heterocycles. The van der Waals surface area contributed by atoms with E-state index in [1.807, 2.05) is 0 Å². The van der Waals surface area contributed by atoms with Gasteiger partial charge in [0.05, 0.1) is 19.8 Å². The van der Waals surface area contributed by atoms with Crippen LogP contribution in [0.15, 0.2) is 109 Å². The second-order valence-electron chi connectivity index (χ2n) is 19.4. The third-order valence-electron chi connectivity index (χ3n) is 12.2. The fraction of sp³-hybridized carbons (Fsp3) is 0.672. The van der Waals surface area contributed by atoms with Crippen molar-refractivity contribution in [3.63, 3.8) is 0 Å². The van der Waals surface area contributed by atoms with E-state index < -0.39 is 57.8 Å². The lowest BCUT2D eigenvalue weighted by molar-refractivity contribution is -0.161. The summed E-state index contributed by atoms with van der Waals surface area (Å²) in [5, 5.41) is 9.82. The number of phosphoric acid groups is 1. The van der Waals surface area contributed by atoms with Gasteiger partial charge in [0.25, 0.3) is 0 Å². The molecule has 12 heteroatoms. The molecule has 0 aromatic carbocycles. The average molecular weight is 1080 g/mol. The molecule has 0 aliphatic heterocycles. The van der Waals surface area contributed by atoms with Crippen molar-refractivity contribution in [1.29, 1.82) is 0 Å². The summed E-state index contributed by atoms with van der Waals surface area (Å²) in [5.74, 6) is -1.54. The molecule has 0 aliphatic rings. The van der Waals surface area contributed by atoms with E-state index in [9.17, 15) is 28.9 Å². The van der Waals surface area contributed by atoms with Gasteiger partial charge >= 0.3 is 25.7 Å². The topological polar surface area (TPSA) is 155 Å². The highest BCUT2D eigenvalue weighted by molar-refractivity contribution is 7.47. The molecule has 11 nitrogen and oxygen atoms in total. The van der Waals surface area contributed by atoms with Crippen molar-refractivity contribution < 1.29 is 52.2 Å². The third-order valence-corrected chi connectivity index (χ3v) is 13.1. The first-order chi connectivity index (χ1) is 37.2. The molecule has 0 aliphatic carbocycles. The summed E-state index contributed by atoms with van der Waals surface area (Å²) >= 11 is 0. The fourth-order valence-electron chi connectivity index (χ4n) is 7.69. The highest BCUT2D eigenvalue weighted by atomic mass is 31.2. The Morgan fingerprint density at radius 3 is 1.09 bits per heavy atom. The van der Waals surface area contributed by atoms with Gasteiger partial charge in [0.15, 0.2) is 6.10 Å². The number of rotatable bonds is 54. The van der Waals surface area contributed by atoms with E-state index >= 15 is 0 Å². The summed E-state index contributed by atoms with van der Waals surface area (Å²) in [7, 11) is -4.77. The van der Waals surface area contributed by atoms with E-state index in [0.29, 0.717) is 19.3 Å². The molecular weight excluding hydrogens is 976 g/mol. The van der Waals surface area contributed by atoms with Gasteiger partial charge in [-0.15, -0.1) is 0 Å². The minimum atomic E-state index is -4.77. The monoisotopic (exact) mass is 1080 g/mol. The number of hydrogen-bond donors (Lipinski definition) is 2. The molecule has 0 radical (unpaired) electrons. The van der Waals surface area contributed by atoms with Crippen molar-refractivity contribution in [2.45, 2.75) is 251 Å². The van der Waals surface area contributed by atoms with E-state index in [1.165, 1.54) is 38.5 Å². The summed E-state index contributed by atoms with van der Waals surface area (Å²) in [6, 6.07) is 0. The van der Waals surface area contributed by atoms with E-state index in [4.69, 9.17) is 23.3 Å². The number of ether oxygens (including phenoxy) is 3. The number of aliphatic hydroxyl groups is 1. The summed E-state index contributed by atoms with van der Waals surface area (Å²) in [6.07, 6.45) is 69.0. The molecule has 0 fully saturated rings. The Kier molecular flexibility index (Phi) is 54.4. The second-order valence-corrected chi connectivity index (χ2v) is 20.8. The normalized spacial score (nSPS) is 14.1. The van der Waals surface area contributed by atoms with Gasteiger partial charge in [0.1, 0.15) is 12.7 Å². The molecule has 0 saturated carbocycles. The summed E-state index contributed by atoms with van der Waals surface area (Å²) in [4.78, 5) is 48.6. The molecule has 0 amide bonds. The Morgan fingerprint density at radius 1 is 0.382 bits per heavy atom. The van der Waals surface area contributed by atoms with Crippen molar-refractivity contribution in [1.82, 2.24) is 0 Å². The molecule has 0 aromatic heterocycles. The third kappa shape index (κ3) is 54.9. The average Bonchev–Trinajstić information content (AvgIpc) is 3.41. The van der Waals surface area contributed by atoms with Crippen LogP contribution in [0, 0.1) is 0 Å². The van der Waals surface area contributed by atoms with Crippen LogP contribution in [0.5, 0.6) is 0 Å². The van der Waals surface area contributed by atoms with Gasteiger partial charge in [-0.1, -0.05) is 207 Å². The second kappa shape index (κ2) is 57.3. The molecule has 0 bridgehead atoms. The molecule has 3 unspecified atom stereocenters. The number of aliphatic hydroxyl groups excluding tert-OH is 1. The first-order valence-corrected chi connectivity index (χ1v) is 31.3. The van der Waals surface area contributed by atoms with E-state index in [2.05, 4.69) is 130 Å². The van der Waals surface area contributed by atoms with Crippen LogP contribution in [0.25, 0.3) is 0 Å². The van der Waals surface area contributed by atoms with Gasteiger partial charge in [-0.2, -0.15) is 0 Å². The minimum Gasteiger partial charge on any atom is -0.462 e. The number of hydrogen-bond acceptors (Lipinski definition) is 10. The zero-order valence-corrected chi connectivity index (χ0v) is 48.8. The van der Waals surface area contributed by atoms with Crippen molar-refractivity contribution in [3.8, 4) is 0 Å². The number of allylic oxidation sites excluding steroid dienone is 18. The lowest BCUT2D eigenvalue weighted by Gasteiger charge is -2.21. The maximum atomic E-state index is 12.9. The molecule has 3 atom stereocenters. The Hall–Kier alpha value is -3.86. The van der Waals surface area contributed by atoms with E-state index in [1.54, 1.807) is 0 Å². The zero-order valence-electron chi connectivity index (χ0n) is 47.9. The number of carbonyl (C=O) groups excluding carboxylic acids is 3. The minimum absolute atomic E-state index is 0.119. The number of carbonyl (C=O) groups is 3. The standard InChI is InChI=1S/C64H107O11P/c1-4-7-10-13-16-19-22-25-28-29-30-31-34-37-40-43-46-49-52-55-64(68)75-61(57-71-62(66)53-50-47-44-41-38-35-32-26-23-20-17-14-11-8-5-2)59-73-76(69,70)72-58-60(56-65)74-63(67)54-51-48-45-42-39-36-33-27-24-21-18-15-12-9-6-3/h7,9-10,12,16,18-19,21,25-28,30-33,39,42,60-61,65H,4-6,8,11,13-15,17,20,22-24,29,34-38,40-41,43-59H2,1-3H3,(H,69,70)/b10-7-,12-9-,19-16-,21-18-,28-25-,31-30-,32-26-,33-27-,42-39-. The summed E-state index contributed by atoms with van der Waals surface area (Å²) < 4.78 is 39.5. The van der Waals surface area contributed by atoms with Crippen LogP contribution in [-0.2, 0) is 42.2 Å². The van der Waals surface area contributed by atoms with Crippen molar-refractivity contribution in [3.05, 3.63) is 109 Å². The van der Waals surface area contributed by atoms with Crippen LogP contribution < -0.4 is 0 Å². The molecule has 2 N–H and O–H groups in total. The molecule has 434 valence electrons. The number of esters is 3. The van der Waals surface area contributed by atoms with Gasteiger partial charge in [-0.05, 0) is 122 Å². The summed E-state index contributed by atoms with van der Waals surface area (Å²) in [5.41, 5.74) is 0. The maximum Gasteiger partial charge on any atom is 0.472 e. The van der Waals surface area contributed by atoms with Crippen LogP contribution in [0.4, 0.5) is 0 Å². The van der Waals surface area contributed by atoms with E-state index in [-0.39, 0.29) is 25.9 Å². The van der Waals surface area contributed by atoms with Gasteiger partial charge in [0, 0.05) is 19.3 Å². The number of phosphoric ester groups is 1. The van der Waals surface area contributed by atoms with Gasteiger partial charge < -0.3 is 24.2 Å². The summed E-state index contributed by atoms with van der Waals surface area (Å²) in [6.45, 7) is 4.34. The Labute approximate surface area is 463 Å². The molecule has 76 heavy (non-hydrogen) atoms. The molecule has 0 saturated heterocycles. The molecule has 0 rings (SSSR count). The van der Waals surface area contributed by atoms with Crippen LogP contribution in [0.1, 0.15) is 239 Å². The molecule has 0 aromatic rings. The van der Waals surface area contributed by atoms with Crippen molar-refractivity contribution in [2.75, 3.05) is 26.4 Å². The smallest absolute Gasteiger partial charge is 0.462 e. The van der Waals surface area contributed by atoms with Crippen molar-refractivity contribution >= 4 is 25.7 Å².